The lowest BCUT2D eigenvalue weighted by Gasteiger charge is -2.35. The fraction of sp³-hybridized carbons (Fsp3) is 0.346. The molecule has 0 aromatic carbocycles. The fourth-order valence-corrected chi connectivity index (χ4v) is 4.25. The normalized spacial score (nSPS) is 14.2. The van der Waals surface area contributed by atoms with Crippen LogP contribution in [-0.4, -0.2) is 81.1 Å². The standard InChI is InChI=1S/C26H31N9O/c1-3-35-19-22(25(32-35)20-5-4-9-27-17-20)23-8-10-28-26(31-23)30-21-6-7-24(29-18-21)34-13-11-33(12-14-34)15-16-36-2/h4-10,17-19H,3,11-16H2,1-2H3,(H,28,30,31). The number of anilines is 3. The average Bonchev–Trinajstić information content (AvgIpc) is 3.38. The number of aromatic nitrogens is 6. The first-order valence-corrected chi connectivity index (χ1v) is 12.2. The van der Waals surface area contributed by atoms with Crippen LogP contribution < -0.4 is 10.2 Å². The Hall–Kier alpha value is -3.89. The second kappa shape index (κ2) is 11.2. The van der Waals surface area contributed by atoms with Crippen molar-refractivity contribution in [3.8, 4) is 22.5 Å². The number of pyridine rings is 2. The third-order valence-electron chi connectivity index (χ3n) is 6.26. The topological polar surface area (TPSA) is 97.1 Å². The van der Waals surface area contributed by atoms with Crippen LogP contribution in [-0.2, 0) is 11.3 Å². The highest BCUT2D eigenvalue weighted by Gasteiger charge is 2.18. The first kappa shape index (κ1) is 23.8. The van der Waals surface area contributed by atoms with E-state index in [4.69, 9.17) is 14.8 Å². The highest BCUT2D eigenvalue weighted by Crippen LogP contribution is 2.30. The van der Waals surface area contributed by atoms with E-state index in [0.717, 1.165) is 79.9 Å². The molecule has 186 valence electrons. The number of piperazine rings is 1. The molecule has 0 aliphatic carbocycles. The minimum absolute atomic E-state index is 0.509. The Morgan fingerprint density at radius 2 is 1.89 bits per heavy atom. The van der Waals surface area contributed by atoms with Crippen LogP contribution in [0.2, 0.25) is 0 Å². The summed E-state index contributed by atoms with van der Waals surface area (Å²) in [6, 6.07) is 9.88. The van der Waals surface area contributed by atoms with Crippen LogP contribution in [0.4, 0.5) is 17.5 Å². The Labute approximate surface area is 211 Å². The van der Waals surface area contributed by atoms with E-state index in [1.54, 1.807) is 19.5 Å². The summed E-state index contributed by atoms with van der Waals surface area (Å²) in [6.07, 6.45) is 9.18. The second-order valence-corrected chi connectivity index (χ2v) is 8.61. The van der Waals surface area contributed by atoms with Crippen molar-refractivity contribution in [3.63, 3.8) is 0 Å². The summed E-state index contributed by atoms with van der Waals surface area (Å²) >= 11 is 0. The molecule has 4 aromatic heterocycles. The lowest BCUT2D eigenvalue weighted by atomic mass is 10.1. The molecule has 4 aromatic rings. The number of methoxy groups -OCH3 is 1. The number of rotatable bonds is 9. The van der Waals surface area contributed by atoms with Crippen molar-refractivity contribution >= 4 is 17.5 Å². The maximum atomic E-state index is 5.19. The summed E-state index contributed by atoms with van der Waals surface area (Å²) in [6.45, 7) is 8.52. The number of hydrogen-bond donors (Lipinski definition) is 1. The van der Waals surface area contributed by atoms with E-state index in [0.29, 0.717) is 5.95 Å². The van der Waals surface area contributed by atoms with Gasteiger partial charge in [0, 0.05) is 82.3 Å². The molecule has 5 heterocycles. The number of ether oxygens (including phenoxy) is 1. The fourth-order valence-electron chi connectivity index (χ4n) is 4.25. The van der Waals surface area contributed by atoms with Gasteiger partial charge in [-0.05, 0) is 37.3 Å². The zero-order valence-electron chi connectivity index (χ0n) is 20.7. The van der Waals surface area contributed by atoms with Crippen LogP contribution in [0, 0.1) is 0 Å². The SMILES string of the molecule is CCn1cc(-c2ccnc(Nc3ccc(N4CCN(CCOC)CC4)nc3)n2)c(-c2cccnc2)n1. The predicted octanol–water partition coefficient (Wildman–Crippen LogP) is 3.33. The summed E-state index contributed by atoms with van der Waals surface area (Å²) in [5.41, 5.74) is 4.37. The van der Waals surface area contributed by atoms with Crippen LogP contribution in [0.15, 0.2) is 61.3 Å². The predicted molar refractivity (Wildman–Crippen MR) is 140 cm³/mol. The second-order valence-electron chi connectivity index (χ2n) is 8.61. The molecule has 10 heteroatoms. The van der Waals surface area contributed by atoms with Crippen molar-refractivity contribution in [2.75, 3.05) is 56.7 Å². The summed E-state index contributed by atoms with van der Waals surface area (Å²) in [7, 11) is 1.75. The first-order chi connectivity index (χ1) is 17.7. The van der Waals surface area contributed by atoms with E-state index in [9.17, 15) is 0 Å². The van der Waals surface area contributed by atoms with E-state index >= 15 is 0 Å². The van der Waals surface area contributed by atoms with Gasteiger partial charge in [-0.3, -0.25) is 14.6 Å². The van der Waals surface area contributed by atoms with Crippen LogP contribution in [0.25, 0.3) is 22.5 Å². The number of hydrogen-bond acceptors (Lipinski definition) is 9. The summed E-state index contributed by atoms with van der Waals surface area (Å²) < 4.78 is 7.10. The Balaban J connectivity index is 1.29. The molecule has 1 aliphatic heterocycles. The Kier molecular flexibility index (Phi) is 7.44. The molecular formula is C26H31N9O. The molecule has 10 nitrogen and oxygen atoms in total. The molecule has 36 heavy (non-hydrogen) atoms. The molecule has 0 bridgehead atoms. The van der Waals surface area contributed by atoms with Gasteiger partial charge in [0.2, 0.25) is 5.95 Å². The van der Waals surface area contributed by atoms with Gasteiger partial charge in [0.05, 0.1) is 24.2 Å². The van der Waals surface area contributed by atoms with E-state index in [2.05, 4.69) is 37.0 Å². The number of aryl methyl sites for hydroxylation is 1. The van der Waals surface area contributed by atoms with Gasteiger partial charge in [-0.1, -0.05) is 0 Å². The Bertz CT molecular complexity index is 1250. The van der Waals surface area contributed by atoms with E-state index in [-0.39, 0.29) is 0 Å². The smallest absolute Gasteiger partial charge is 0.227 e. The highest BCUT2D eigenvalue weighted by atomic mass is 16.5. The van der Waals surface area contributed by atoms with Crippen molar-refractivity contribution in [1.82, 2.24) is 34.6 Å². The lowest BCUT2D eigenvalue weighted by molar-refractivity contribution is 0.144. The molecular weight excluding hydrogens is 454 g/mol. The lowest BCUT2D eigenvalue weighted by Crippen LogP contribution is -2.47. The minimum atomic E-state index is 0.509. The van der Waals surface area contributed by atoms with Crippen molar-refractivity contribution in [2.24, 2.45) is 0 Å². The third kappa shape index (κ3) is 5.50. The minimum Gasteiger partial charge on any atom is -0.383 e. The van der Waals surface area contributed by atoms with Gasteiger partial charge in [0.1, 0.15) is 11.5 Å². The van der Waals surface area contributed by atoms with Gasteiger partial charge in [0.25, 0.3) is 0 Å². The molecule has 1 saturated heterocycles. The van der Waals surface area contributed by atoms with Crippen molar-refractivity contribution in [2.45, 2.75) is 13.5 Å². The molecule has 1 N–H and O–H groups in total. The number of nitrogens with zero attached hydrogens (tertiary/aromatic N) is 8. The van der Waals surface area contributed by atoms with Crippen molar-refractivity contribution in [1.29, 1.82) is 0 Å². The number of nitrogens with one attached hydrogen (secondary N) is 1. The maximum absolute atomic E-state index is 5.19. The van der Waals surface area contributed by atoms with Gasteiger partial charge in [-0.25, -0.2) is 15.0 Å². The molecule has 0 saturated carbocycles. The average molecular weight is 486 g/mol. The van der Waals surface area contributed by atoms with Gasteiger partial charge >= 0.3 is 0 Å². The van der Waals surface area contributed by atoms with Gasteiger partial charge in [0.15, 0.2) is 0 Å². The van der Waals surface area contributed by atoms with Crippen LogP contribution in [0.1, 0.15) is 6.92 Å². The quantitative estimate of drug-likeness (QED) is 0.383. The van der Waals surface area contributed by atoms with Crippen LogP contribution in [0.3, 0.4) is 0 Å². The summed E-state index contributed by atoms with van der Waals surface area (Å²) in [5.74, 6) is 1.49. The summed E-state index contributed by atoms with van der Waals surface area (Å²) in [4.78, 5) is 22.8. The van der Waals surface area contributed by atoms with Gasteiger partial charge < -0.3 is 15.0 Å². The Morgan fingerprint density at radius 1 is 1.00 bits per heavy atom. The molecule has 0 spiro atoms. The van der Waals surface area contributed by atoms with Gasteiger partial charge in [-0.2, -0.15) is 5.10 Å². The van der Waals surface area contributed by atoms with Crippen molar-refractivity contribution in [3.05, 3.63) is 61.3 Å². The molecule has 0 unspecified atom stereocenters. The maximum Gasteiger partial charge on any atom is 0.227 e. The van der Waals surface area contributed by atoms with Crippen LogP contribution >= 0.6 is 0 Å². The zero-order valence-corrected chi connectivity index (χ0v) is 20.7. The summed E-state index contributed by atoms with van der Waals surface area (Å²) in [5, 5.41) is 8.02. The highest BCUT2D eigenvalue weighted by molar-refractivity contribution is 5.78. The Morgan fingerprint density at radius 3 is 2.61 bits per heavy atom. The van der Waals surface area contributed by atoms with E-state index < -0.39 is 0 Å². The molecule has 0 radical (unpaired) electrons. The molecule has 5 rings (SSSR count). The molecule has 0 atom stereocenters. The third-order valence-corrected chi connectivity index (χ3v) is 6.26. The molecule has 1 aliphatic rings. The van der Waals surface area contributed by atoms with Gasteiger partial charge in [-0.15, -0.1) is 0 Å². The molecule has 1 fully saturated rings. The first-order valence-electron chi connectivity index (χ1n) is 12.2. The largest absolute Gasteiger partial charge is 0.383 e. The zero-order chi connectivity index (χ0) is 24.7. The monoisotopic (exact) mass is 485 g/mol. The van der Waals surface area contributed by atoms with Crippen LogP contribution in [0.5, 0.6) is 0 Å². The van der Waals surface area contributed by atoms with E-state index in [1.807, 2.05) is 53.6 Å². The van der Waals surface area contributed by atoms with Crippen molar-refractivity contribution < 1.29 is 4.74 Å². The van der Waals surface area contributed by atoms with E-state index in [1.165, 1.54) is 0 Å². The molecule has 0 amide bonds.